The first kappa shape index (κ1) is 13.2. The van der Waals surface area contributed by atoms with E-state index in [2.05, 4.69) is 15.3 Å². The second kappa shape index (κ2) is 4.48. The summed E-state index contributed by atoms with van der Waals surface area (Å²) in [6.07, 6.45) is -4.05. The Bertz CT molecular complexity index is 595. The molecule has 0 aliphatic carbocycles. The molecule has 102 valence electrons. The molecule has 0 aliphatic rings. The van der Waals surface area contributed by atoms with Gasteiger partial charge in [-0.3, -0.25) is 4.79 Å². The molecular formula is C10H9F3N4O2. The summed E-state index contributed by atoms with van der Waals surface area (Å²) in [6, 6.07) is 0. The van der Waals surface area contributed by atoms with E-state index in [0.717, 1.165) is 10.9 Å². The zero-order valence-electron chi connectivity index (χ0n) is 10.0. The van der Waals surface area contributed by atoms with Crippen molar-refractivity contribution < 1.29 is 22.4 Å². The fraction of sp³-hybridized carbons (Fsp3) is 0.400. The average molecular weight is 274 g/mol. The highest BCUT2D eigenvalue weighted by Gasteiger charge is 2.41. The van der Waals surface area contributed by atoms with Crippen LogP contribution in [-0.4, -0.2) is 31.9 Å². The zero-order valence-corrected chi connectivity index (χ0v) is 10.0. The number of aromatic nitrogens is 4. The predicted molar refractivity (Wildman–Crippen MR) is 55.5 cm³/mol. The molecule has 9 heteroatoms. The Hall–Kier alpha value is -2.19. The van der Waals surface area contributed by atoms with Crippen LogP contribution in [0.1, 0.15) is 27.8 Å². The normalized spacial score (nSPS) is 11.8. The molecule has 0 fully saturated rings. The minimum absolute atomic E-state index is 0.00676. The minimum Gasteiger partial charge on any atom is -0.444 e. The first-order chi connectivity index (χ1) is 8.77. The number of carbonyl (C=O) groups excluding carboxylic acids is 1. The maximum atomic E-state index is 12.2. The summed E-state index contributed by atoms with van der Waals surface area (Å²) in [5.74, 6) is -1.13. The van der Waals surface area contributed by atoms with E-state index in [1.165, 1.54) is 0 Å². The van der Waals surface area contributed by atoms with Crippen molar-refractivity contribution in [2.24, 2.45) is 0 Å². The molecule has 0 atom stereocenters. The lowest BCUT2D eigenvalue weighted by molar-refractivity contribution is -0.0888. The lowest BCUT2D eigenvalue weighted by Gasteiger charge is -1.99. The summed E-state index contributed by atoms with van der Waals surface area (Å²) in [7, 11) is 0. The molecular weight excluding hydrogens is 265 g/mol. The number of Topliss-reactive ketones (excluding diaryl/α,β-unsaturated/α-hetero) is 1. The molecule has 0 saturated heterocycles. The van der Waals surface area contributed by atoms with Gasteiger partial charge in [0.25, 0.3) is 5.78 Å². The molecule has 19 heavy (non-hydrogen) atoms. The Kier molecular flexibility index (Phi) is 3.13. The number of aryl methyl sites for hydroxylation is 2. The molecule has 0 N–H and O–H groups in total. The van der Waals surface area contributed by atoms with Gasteiger partial charge < -0.3 is 4.42 Å². The number of ketones is 1. The first-order valence-corrected chi connectivity index (χ1v) is 5.22. The maximum Gasteiger partial charge on any atom is 0.456 e. The second-order valence-corrected chi connectivity index (χ2v) is 3.88. The Balaban J connectivity index is 2.16. The molecule has 2 rings (SSSR count). The van der Waals surface area contributed by atoms with Gasteiger partial charge in [-0.25, -0.2) is 9.67 Å². The summed E-state index contributed by atoms with van der Waals surface area (Å²) < 4.78 is 42.8. The van der Waals surface area contributed by atoms with Gasteiger partial charge in [0.15, 0.2) is 5.69 Å². The van der Waals surface area contributed by atoms with Gasteiger partial charge in [-0.2, -0.15) is 13.2 Å². The number of alkyl halides is 3. The summed E-state index contributed by atoms with van der Waals surface area (Å²) in [4.78, 5) is 15.0. The molecule has 0 aliphatic heterocycles. The fourth-order valence-electron chi connectivity index (χ4n) is 1.37. The summed E-state index contributed by atoms with van der Waals surface area (Å²) >= 11 is 0. The van der Waals surface area contributed by atoms with E-state index in [1.54, 1.807) is 13.8 Å². The van der Waals surface area contributed by atoms with Crippen LogP contribution in [0.3, 0.4) is 0 Å². The number of rotatable bonds is 3. The van der Waals surface area contributed by atoms with Crippen LogP contribution in [0.25, 0.3) is 0 Å². The quantitative estimate of drug-likeness (QED) is 0.796. The molecule has 0 bridgehead atoms. The number of carbonyl (C=O) groups is 1. The predicted octanol–water partition coefficient (Wildman–Crippen LogP) is 1.68. The molecule has 0 radical (unpaired) electrons. The lowest BCUT2D eigenvalue weighted by atomic mass is 10.3. The molecule has 2 heterocycles. The van der Waals surface area contributed by atoms with E-state index in [4.69, 9.17) is 4.42 Å². The van der Waals surface area contributed by atoms with Gasteiger partial charge in [0.1, 0.15) is 12.3 Å². The second-order valence-electron chi connectivity index (χ2n) is 3.88. The van der Waals surface area contributed by atoms with Gasteiger partial charge in [-0.05, 0) is 13.8 Å². The SMILES string of the molecule is Cc1nc(Cn2cc(C(=O)C(F)(F)F)nn2)oc1C. The summed E-state index contributed by atoms with van der Waals surface area (Å²) in [5.41, 5.74) is -0.0748. The Morgan fingerprint density at radius 2 is 2.11 bits per heavy atom. The van der Waals surface area contributed by atoms with Gasteiger partial charge in [-0.1, -0.05) is 5.21 Å². The fourth-order valence-corrected chi connectivity index (χ4v) is 1.37. The van der Waals surface area contributed by atoms with E-state index >= 15 is 0 Å². The summed E-state index contributed by atoms with van der Waals surface area (Å²) in [5, 5.41) is 6.61. The van der Waals surface area contributed by atoms with Crippen LogP contribution >= 0.6 is 0 Å². The number of oxazole rings is 1. The van der Waals surface area contributed by atoms with Crippen molar-refractivity contribution in [1.29, 1.82) is 0 Å². The van der Waals surface area contributed by atoms with Crippen molar-refractivity contribution >= 4 is 5.78 Å². The Morgan fingerprint density at radius 3 is 2.63 bits per heavy atom. The van der Waals surface area contributed by atoms with E-state index in [0.29, 0.717) is 11.5 Å². The maximum absolute atomic E-state index is 12.2. The van der Waals surface area contributed by atoms with Crippen LogP contribution in [0.4, 0.5) is 13.2 Å². The van der Waals surface area contributed by atoms with Crippen molar-refractivity contribution in [3.8, 4) is 0 Å². The highest BCUT2D eigenvalue weighted by atomic mass is 19.4. The number of hydrogen-bond donors (Lipinski definition) is 0. The van der Waals surface area contributed by atoms with Crippen LogP contribution in [0.15, 0.2) is 10.6 Å². The van der Waals surface area contributed by atoms with Gasteiger partial charge >= 0.3 is 6.18 Å². The Morgan fingerprint density at radius 1 is 1.42 bits per heavy atom. The van der Waals surface area contributed by atoms with Gasteiger partial charge in [0.2, 0.25) is 5.89 Å². The first-order valence-electron chi connectivity index (χ1n) is 5.22. The highest BCUT2D eigenvalue weighted by molar-refractivity contribution is 5.98. The third-order valence-corrected chi connectivity index (χ3v) is 2.40. The lowest BCUT2D eigenvalue weighted by Crippen LogP contribution is -2.23. The third-order valence-electron chi connectivity index (χ3n) is 2.40. The third kappa shape index (κ3) is 2.80. The highest BCUT2D eigenvalue weighted by Crippen LogP contribution is 2.20. The molecule has 2 aromatic rings. The van der Waals surface area contributed by atoms with Crippen molar-refractivity contribution in [3.63, 3.8) is 0 Å². The van der Waals surface area contributed by atoms with Crippen molar-refractivity contribution in [2.45, 2.75) is 26.6 Å². The van der Waals surface area contributed by atoms with Crippen molar-refractivity contribution in [1.82, 2.24) is 20.0 Å². The number of hydrogen-bond acceptors (Lipinski definition) is 5. The van der Waals surface area contributed by atoms with Gasteiger partial charge in [0, 0.05) is 0 Å². The van der Waals surface area contributed by atoms with Crippen LogP contribution < -0.4 is 0 Å². The van der Waals surface area contributed by atoms with E-state index < -0.39 is 17.7 Å². The van der Waals surface area contributed by atoms with Gasteiger partial charge in [0.05, 0.1) is 11.9 Å². The molecule has 0 unspecified atom stereocenters. The monoisotopic (exact) mass is 274 g/mol. The van der Waals surface area contributed by atoms with Crippen LogP contribution in [-0.2, 0) is 6.54 Å². The minimum atomic E-state index is -4.96. The van der Waals surface area contributed by atoms with Crippen LogP contribution in [0.2, 0.25) is 0 Å². The van der Waals surface area contributed by atoms with E-state index in [1.807, 2.05) is 0 Å². The number of nitrogens with zero attached hydrogens (tertiary/aromatic N) is 4. The summed E-state index contributed by atoms with van der Waals surface area (Å²) in [6.45, 7) is 3.46. The molecule has 6 nitrogen and oxygen atoms in total. The molecule has 0 aromatic carbocycles. The standard InChI is InChI=1S/C10H9F3N4O2/c1-5-6(2)19-8(14-5)4-17-3-7(15-16-17)9(18)10(11,12)13/h3H,4H2,1-2H3. The molecule has 0 amide bonds. The van der Waals surface area contributed by atoms with E-state index in [-0.39, 0.29) is 12.4 Å². The number of halogens is 3. The molecule has 0 saturated carbocycles. The smallest absolute Gasteiger partial charge is 0.444 e. The Labute approximate surface area is 105 Å². The topological polar surface area (TPSA) is 73.8 Å². The largest absolute Gasteiger partial charge is 0.456 e. The van der Waals surface area contributed by atoms with Crippen LogP contribution in [0, 0.1) is 13.8 Å². The van der Waals surface area contributed by atoms with E-state index in [9.17, 15) is 18.0 Å². The average Bonchev–Trinajstić information content (AvgIpc) is 2.85. The van der Waals surface area contributed by atoms with Crippen molar-refractivity contribution in [2.75, 3.05) is 0 Å². The zero-order chi connectivity index (χ0) is 14.2. The molecule has 0 spiro atoms. The van der Waals surface area contributed by atoms with Gasteiger partial charge in [-0.15, -0.1) is 5.10 Å². The van der Waals surface area contributed by atoms with Crippen molar-refractivity contribution in [3.05, 3.63) is 29.2 Å². The van der Waals surface area contributed by atoms with Crippen LogP contribution in [0.5, 0.6) is 0 Å². The molecule has 2 aromatic heterocycles.